The Morgan fingerprint density at radius 1 is 1.08 bits per heavy atom. The van der Waals surface area contributed by atoms with Crippen molar-refractivity contribution in [1.29, 1.82) is 0 Å². The van der Waals surface area contributed by atoms with E-state index in [0.29, 0.717) is 23.2 Å². The fourth-order valence-corrected chi connectivity index (χ4v) is 4.49. The molecule has 1 aliphatic rings. The lowest BCUT2D eigenvalue weighted by Gasteiger charge is -2.32. The first-order valence-electron chi connectivity index (χ1n) is 7.54. The Kier molecular flexibility index (Phi) is 5.47. The highest BCUT2D eigenvalue weighted by atomic mass is 35.5. The zero-order valence-corrected chi connectivity index (χ0v) is 15.2. The second-order valence-electron chi connectivity index (χ2n) is 5.63. The van der Waals surface area contributed by atoms with Crippen LogP contribution in [-0.4, -0.2) is 32.4 Å². The first-order valence-corrected chi connectivity index (χ1v) is 9.90. The van der Waals surface area contributed by atoms with E-state index in [0.717, 1.165) is 11.1 Å². The number of benzene rings is 2. The third kappa shape index (κ3) is 4.10. The average molecular weight is 386 g/mol. The molecular formula is C17H17Cl2NO3S. The Labute approximate surface area is 152 Å². The van der Waals surface area contributed by atoms with Crippen LogP contribution in [0, 0.1) is 0 Å². The van der Waals surface area contributed by atoms with Crippen molar-refractivity contribution in [3.8, 4) is 0 Å². The van der Waals surface area contributed by atoms with Crippen LogP contribution in [0.3, 0.4) is 0 Å². The summed E-state index contributed by atoms with van der Waals surface area (Å²) in [6.07, 6.45) is -0.348. The highest BCUT2D eigenvalue weighted by Gasteiger charge is 2.30. The molecule has 2 aromatic carbocycles. The van der Waals surface area contributed by atoms with Crippen molar-refractivity contribution in [1.82, 2.24) is 4.31 Å². The molecule has 1 unspecified atom stereocenters. The van der Waals surface area contributed by atoms with Crippen molar-refractivity contribution in [3.05, 3.63) is 69.7 Å². The number of rotatable bonds is 4. The van der Waals surface area contributed by atoms with Crippen LogP contribution in [0.5, 0.6) is 0 Å². The first-order chi connectivity index (χ1) is 11.5. The number of halogens is 2. The van der Waals surface area contributed by atoms with Gasteiger partial charge < -0.3 is 4.74 Å². The number of ether oxygens (including phenoxy) is 1. The van der Waals surface area contributed by atoms with Gasteiger partial charge in [-0.3, -0.25) is 0 Å². The average Bonchev–Trinajstić information content (AvgIpc) is 2.58. The van der Waals surface area contributed by atoms with Gasteiger partial charge in [0.2, 0.25) is 10.0 Å². The summed E-state index contributed by atoms with van der Waals surface area (Å²) in [5.41, 5.74) is 1.60. The SMILES string of the molecule is O=S(=O)(Cc1ccccc1)N1CCOC(c2ccc(Cl)c(Cl)c2)C1. The van der Waals surface area contributed by atoms with Gasteiger partial charge in [0.05, 0.1) is 28.5 Å². The van der Waals surface area contributed by atoms with Gasteiger partial charge >= 0.3 is 0 Å². The zero-order valence-electron chi connectivity index (χ0n) is 12.9. The highest BCUT2D eigenvalue weighted by molar-refractivity contribution is 7.88. The molecule has 0 aliphatic carbocycles. The van der Waals surface area contributed by atoms with Crippen LogP contribution < -0.4 is 0 Å². The van der Waals surface area contributed by atoms with Crippen LogP contribution in [0.2, 0.25) is 10.0 Å². The van der Waals surface area contributed by atoms with Gasteiger partial charge in [-0.1, -0.05) is 59.6 Å². The molecule has 7 heteroatoms. The fraction of sp³-hybridized carbons (Fsp3) is 0.294. The molecule has 1 heterocycles. The van der Waals surface area contributed by atoms with E-state index in [-0.39, 0.29) is 18.4 Å². The van der Waals surface area contributed by atoms with Crippen molar-refractivity contribution < 1.29 is 13.2 Å². The Balaban J connectivity index is 1.76. The quantitative estimate of drug-likeness (QED) is 0.801. The molecule has 1 atom stereocenters. The number of hydrogen-bond acceptors (Lipinski definition) is 3. The fourth-order valence-electron chi connectivity index (χ4n) is 2.67. The monoisotopic (exact) mass is 385 g/mol. The van der Waals surface area contributed by atoms with E-state index < -0.39 is 10.0 Å². The van der Waals surface area contributed by atoms with Gasteiger partial charge in [-0.2, -0.15) is 4.31 Å². The van der Waals surface area contributed by atoms with Crippen molar-refractivity contribution in [2.45, 2.75) is 11.9 Å². The molecule has 128 valence electrons. The van der Waals surface area contributed by atoms with Crippen molar-refractivity contribution in [2.24, 2.45) is 0 Å². The molecule has 1 saturated heterocycles. The molecule has 0 saturated carbocycles. The van der Waals surface area contributed by atoms with Crippen LogP contribution in [0.15, 0.2) is 48.5 Å². The van der Waals surface area contributed by atoms with Crippen LogP contribution in [0.1, 0.15) is 17.2 Å². The molecule has 2 aromatic rings. The van der Waals surface area contributed by atoms with E-state index in [1.165, 1.54) is 4.31 Å². The molecule has 3 rings (SSSR count). The topological polar surface area (TPSA) is 46.6 Å². The molecule has 4 nitrogen and oxygen atoms in total. The minimum Gasteiger partial charge on any atom is -0.371 e. The third-order valence-corrected chi connectivity index (χ3v) is 6.49. The molecule has 1 aliphatic heterocycles. The van der Waals surface area contributed by atoms with Gasteiger partial charge in [-0.05, 0) is 23.3 Å². The van der Waals surface area contributed by atoms with Crippen LogP contribution in [0.4, 0.5) is 0 Å². The molecule has 0 N–H and O–H groups in total. The van der Waals surface area contributed by atoms with E-state index in [9.17, 15) is 8.42 Å². The molecule has 24 heavy (non-hydrogen) atoms. The predicted octanol–water partition coefficient (Wildman–Crippen LogP) is 3.90. The Morgan fingerprint density at radius 2 is 1.83 bits per heavy atom. The van der Waals surface area contributed by atoms with Crippen LogP contribution in [0.25, 0.3) is 0 Å². The van der Waals surface area contributed by atoms with Gasteiger partial charge in [0, 0.05) is 13.1 Å². The number of hydrogen-bond donors (Lipinski definition) is 0. The van der Waals surface area contributed by atoms with E-state index in [1.54, 1.807) is 12.1 Å². The molecule has 0 aromatic heterocycles. The standard InChI is InChI=1S/C17H17Cl2NO3S/c18-15-7-6-14(10-16(15)19)17-11-20(8-9-23-17)24(21,22)12-13-4-2-1-3-5-13/h1-7,10,17H,8-9,11-12H2. The largest absolute Gasteiger partial charge is 0.371 e. The Hall–Kier alpha value is -1.11. The Bertz CT molecular complexity index is 812. The molecule has 0 spiro atoms. The molecule has 1 fully saturated rings. The normalized spacial score (nSPS) is 19.3. The summed E-state index contributed by atoms with van der Waals surface area (Å²) >= 11 is 12.0. The lowest BCUT2D eigenvalue weighted by molar-refractivity contribution is -0.00259. The van der Waals surface area contributed by atoms with Crippen molar-refractivity contribution in [2.75, 3.05) is 19.7 Å². The number of morpholine rings is 1. The minimum absolute atomic E-state index is 0.0120. The van der Waals surface area contributed by atoms with E-state index >= 15 is 0 Å². The maximum Gasteiger partial charge on any atom is 0.218 e. The zero-order chi connectivity index (χ0) is 17.2. The van der Waals surface area contributed by atoms with Gasteiger partial charge in [0.25, 0.3) is 0 Å². The maximum atomic E-state index is 12.7. The summed E-state index contributed by atoms with van der Waals surface area (Å²) in [7, 11) is -3.40. The smallest absolute Gasteiger partial charge is 0.218 e. The highest BCUT2D eigenvalue weighted by Crippen LogP contribution is 2.30. The number of sulfonamides is 1. The van der Waals surface area contributed by atoms with Gasteiger partial charge in [0.15, 0.2) is 0 Å². The second kappa shape index (κ2) is 7.42. The predicted molar refractivity (Wildman–Crippen MR) is 95.8 cm³/mol. The van der Waals surface area contributed by atoms with Gasteiger partial charge in [0.1, 0.15) is 0 Å². The summed E-state index contributed by atoms with van der Waals surface area (Å²) < 4.78 is 32.6. The van der Waals surface area contributed by atoms with E-state index in [1.807, 2.05) is 36.4 Å². The van der Waals surface area contributed by atoms with E-state index in [2.05, 4.69) is 0 Å². The minimum atomic E-state index is -3.40. The number of nitrogens with zero attached hydrogens (tertiary/aromatic N) is 1. The molecule has 0 amide bonds. The third-order valence-electron chi connectivity index (χ3n) is 3.93. The van der Waals surface area contributed by atoms with Crippen molar-refractivity contribution >= 4 is 33.2 Å². The van der Waals surface area contributed by atoms with Crippen molar-refractivity contribution in [3.63, 3.8) is 0 Å². The summed E-state index contributed by atoms with van der Waals surface area (Å²) in [6.45, 7) is 0.971. The lowest BCUT2D eigenvalue weighted by Crippen LogP contribution is -2.42. The maximum absolute atomic E-state index is 12.7. The lowest BCUT2D eigenvalue weighted by atomic mass is 10.1. The van der Waals surface area contributed by atoms with Gasteiger partial charge in [-0.25, -0.2) is 8.42 Å². The molecular weight excluding hydrogens is 369 g/mol. The molecule has 0 bridgehead atoms. The van der Waals surface area contributed by atoms with E-state index in [4.69, 9.17) is 27.9 Å². The second-order valence-corrected chi connectivity index (χ2v) is 8.42. The summed E-state index contributed by atoms with van der Waals surface area (Å²) in [6, 6.07) is 14.4. The van der Waals surface area contributed by atoms with Gasteiger partial charge in [-0.15, -0.1) is 0 Å². The van der Waals surface area contributed by atoms with Crippen LogP contribution >= 0.6 is 23.2 Å². The Morgan fingerprint density at radius 3 is 2.54 bits per heavy atom. The summed E-state index contributed by atoms with van der Waals surface area (Å²) in [5, 5.41) is 0.895. The van der Waals surface area contributed by atoms with Crippen LogP contribution in [-0.2, 0) is 20.5 Å². The summed E-state index contributed by atoms with van der Waals surface area (Å²) in [4.78, 5) is 0. The molecule has 0 radical (unpaired) electrons. The summed E-state index contributed by atoms with van der Waals surface area (Å²) in [5.74, 6) is -0.0120. The first kappa shape index (κ1) is 17.7.